The van der Waals surface area contributed by atoms with Gasteiger partial charge < -0.3 is 0 Å². The second-order valence-electron chi connectivity index (χ2n) is 10.7. The van der Waals surface area contributed by atoms with Gasteiger partial charge in [0.05, 0.1) is 26.9 Å². The molecule has 0 spiro atoms. The molecule has 0 amide bonds. The zero-order valence-electron chi connectivity index (χ0n) is 22.5. The highest BCUT2D eigenvalue weighted by Crippen LogP contribution is 2.40. The third kappa shape index (κ3) is 3.52. The van der Waals surface area contributed by atoms with Crippen molar-refractivity contribution in [1.29, 1.82) is 0 Å². The molecule has 0 radical (unpaired) electrons. The zero-order valence-corrected chi connectivity index (χ0v) is 23.3. The van der Waals surface area contributed by atoms with Crippen LogP contribution >= 0.6 is 11.3 Å². The second kappa shape index (κ2) is 9.10. The van der Waals surface area contributed by atoms with E-state index in [1.54, 1.807) is 11.3 Å². The Kier molecular flexibility index (Phi) is 5.07. The van der Waals surface area contributed by atoms with Crippen LogP contribution < -0.4 is 0 Å². The Morgan fingerprint density at radius 2 is 1.07 bits per heavy atom. The highest BCUT2D eigenvalue weighted by Gasteiger charge is 2.19. The van der Waals surface area contributed by atoms with Gasteiger partial charge in [-0.1, -0.05) is 115 Å². The Bertz CT molecular complexity index is 2410. The van der Waals surface area contributed by atoms with Crippen molar-refractivity contribution in [2.75, 3.05) is 0 Å². The van der Waals surface area contributed by atoms with Crippen LogP contribution in [0.25, 0.3) is 81.2 Å². The predicted molar refractivity (Wildman–Crippen MR) is 178 cm³/mol. The summed E-state index contributed by atoms with van der Waals surface area (Å²) in [7, 11) is 0. The van der Waals surface area contributed by atoms with Gasteiger partial charge in [0, 0.05) is 26.4 Å². The Labute approximate surface area is 246 Å². The van der Waals surface area contributed by atoms with Crippen molar-refractivity contribution in [3.8, 4) is 28.3 Å². The van der Waals surface area contributed by atoms with E-state index >= 15 is 0 Å². The van der Waals surface area contributed by atoms with Gasteiger partial charge in [0.25, 0.3) is 0 Å². The third-order valence-electron chi connectivity index (χ3n) is 8.23. The summed E-state index contributed by atoms with van der Waals surface area (Å²) >= 11 is 1.76. The lowest BCUT2D eigenvalue weighted by Gasteiger charge is -2.11. The molecule has 42 heavy (non-hydrogen) atoms. The van der Waals surface area contributed by atoms with Gasteiger partial charge in [-0.05, 0) is 46.2 Å². The molecule has 0 fully saturated rings. The standard InChI is InChI=1S/C38H23N3S/c1-2-10-27-23-28(22-19-24(27)9-1)25-17-20-26(21-18-25)35-37-36(31-13-5-8-16-34(31)42-37)40-38(39-35)41-32-14-6-3-11-29(32)30-12-4-7-15-33(30)41/h1-23H. The average Bonchev–Trinajstić information content (AvgIpc) is 3.60. The van der Waals surface area contributed by atoms with Gasteiger partial charge in [-0.25, -0.2) is 9.97 Å². The van der Waals surface area contributed by atoms with E-state index in [4.69, 9.17) is 9.97 Å². The molecule has 0 saturated heterocycles. The summed E-state index contributed by atoms with van der Waals surface area (Å²) in [6, 6.07) is 49.6. The van der Waals surface area contributed by atoms with Crippen LogP contribution in [0, 0.1) is 0 Å². The minimum atomic E-state index is 0.692. The lowest BCUT2D eigenvalue weighted by Crippen LogP contribution is -2.02. The van der Waals surface area contributed by atoms with E-state index in [9.17, 15) is 0 Å². The zero-order chi connectivity index (χ0) is 27.6. The van der Waals surface area contributed by atoms with Gasteiger partial charge in [0.2, 0.25) is 5.95 Å². The molecule has 9 rings (SSSR count). The molecule has 0 aliphatic carbocycles. The number of nitrogens with zero attached hydrogens (tertiary/aromatic N) is 3. The van der Waals surface area contributed by atoms with Crippen molar-refractivity contribution in [1.82, 2.24) is 14.5 Å². The maximum atomic E-state index is 5.31. The van der Waals surface area contributed by atoms with Crippen LogP contribution in [0.4, 0.5) is 0 Å². The fraction of sp³-hybridized carbons (Fsp3) is 0. The predicted octanol–water partition coefficient (Wildman–Crippen LogP) is 10.4. The molecule has 6 aromatic carbocycles. The van der Waals surface area contributed by atoms with Crippen LogP contribution in [0.5, 0.6) is 0 Å². The van der Waals surface area contributed by atoms with Gasteiger partial charge in [-0.15, -0.1) is 11.3 Å². The number of rotatable bonds is 3. The summed E-state index contributed by atoms with van der Waals surface area (Å²) in [4.78, 5) is 10.6. The maximum absolute atomic E-state index is 5.31. The van der Waals surface area contributed by atoms with Crippen molar-refractivity contribution in [3.05, 3.63) is 140 Å². The monoisotopic (exact) mass is 553 g/mol. The number of benzene rings is 6. The van der Waals surface area contributed by atoms with Crippen molar-refractivity contribution in [3.63, 3.8) is 0 Å². The first-order chi connectivity index (χ1) is 20.8. The molecule has 0 atom stereocenters. The first kappa shape index (κ1) is 23.4. The molecule has 3 aromatic heterocycles. The van der Waals surface area contributed by atoms with E-state index in [1.165, 1.54) is 37.4 Å². The lowest BCUT2D eigenvalue weighted by atomic mass is 9.99. The lowest BCUT2D eigenvalue weighted by molar-refractivity contribution is 1.02. The molecule has 0 aliphatic rings. The van der Waals surface area contributed by atoms with Crippen molar-refractivity contribution in [2.45, 2.75) is 0 Å². The van der Waals surface area contributed by atoms with Crippen LogP contribution in [0.1, 0.15) is 0 Å². The van der Waals surface area contributed by atoms with E-state index < -0.39 is 0 Å². The van der Waals surface area contributed by atoms with E-state index in [2.05, 4.69) is 144 Å². The fourth-order valence-corrected chi connectivity index (χ4v) is 7.36. The Morgan fingerprint density at radius 1 is 0.476 bits per heavy atom. The highest BCUT2D eigenvalue weighted by atomic mass is 32.1. The largest absolute Gasteiger partial charge is 0.278 e. The topological polar surface area (TPSA) is 30.7 Å². The van der Waals surface area contributed by atoms with Crippen LogP contribution in [-0.4, -0.2) is 14.5 Å². The van der Waals surface area contributed by atoms with Crippen molar-refractivity contribution >= 4 is 64.2 Å². The van der Waals surface area contributed by atoms with Crippen molar-refractivity contribution in [2.24, 2.45) is 0 Å². The number of hydrogen-bond donors (Lipinski definition) is 0. The molecule has 0 saturated carbocycles. The molecule has 0 aliphatic heterocycles. The number of hydrogen-bond acceptors (Lipinski definition) is 3. The van der Waals surface area contributed by atoms with Gasteiger partial charge in [-0.2, -0.15) is 0 Å². The summed E-state index contributed by atoms with van der Waals surface area (Å²) < 4.78 is 4.54. The molecule has 9 aromatic rings. The molecule has 3 heterocycles. The molecular weight excluding hydrogens is 531 g/mol. The molecule has 3 nitrogen and oxygen atoms in total. The summed E-state index contributed by atoms with van der Waals surface area (Å²) in [5.41, 5.74) is 7.65. The maximum Gasteiger partial charge on any atom is 0.235 e. The van der Waals surface area contributed by atoms with Crippen molar-refractivity contribution < 1.29 is 0 Å². The number of aromatic nitrogens is 3. The highest BCUT2D eigenvalue weighted by molar-refractivity contribution is 7.26. The van der Waals surface area contributed by atoms with Gasteiger partial charge in [-0.3, -0.25) is 4.57 Å². The van der Waals surface area contributed by atoms with Gasteiger partial charge in [0.1, 0.15) is 0 Å². The summed E-state index contributed by atoms with van der Waals surface area (Å²) in [5.74, 6) is 0.692. The Balaban J connectivity index is 1.28. The summed E-state index contributed by atoms with van der Waals surface area (Å²) in [5, 5.41) is 6.07. The third-order valence-corrected chi connectivity index (χ3v) is 9.40. The molecule has 0 N–H and O–H groups in total. The molecular formula is C38H23N3S. The normalized spacial score (nSPS) is 11.8. The SMILES string of the molecule is c1ccc2cc(-c3ccc(-c4nc(-n5c6ccccc6c6ccccc65)nc5c4sc4ccccc45)cc3)ccc2c1. The second-order valence-corrected chi connectivity index (χ2v) is 11.7. The van der Waals surface area contributed by atoms with Gasteiger partial charge in [0.15, 0.2) is 0 Å². The first-order valence-corrected chi connectivity index (χ1v) is 14.9. The van der Waals surface area contributed by atoms with E-state index in [-0.39, 0.29) is 0 Å². The first-order valence-electron chi connectivity index (χ1n) is 14.1. The van der Waals surface area contributed by atoms with E-state index in [0.29, 0.717) is 5.95 Å². The smallest absolute Gasteiger partial charge is 0.235 e. The molecule has 0 unspecified atom stereocenters. The summed E-state index contributed by atoms with van der Waals surface area (Å²) in [6.07, 6.45) is 0. The molecule has 196 valence electrons. The van der Waals surface area contributed by atoms with Crippen LogP contribution in [-0.2, 0) is 0 Å². The Hall–Kier alpha value is -5.32. The quantitative estimate of drug-likeness (QED) is 0.218. The van der Waals surface area contributed by atoms with Crippen LogP contribution in [0.2, 0.25) is 0 Å². The fourth-order valence-electron chi connectivity index (χ4n) is 6.20. The Morgan fingerprint density at radius 3 is 1.83 bits per heavy atom. The number of para-hydroxylation sites is 2. The van der Waals surface area contributed by atoms with Crippen LogP contribution in [0.15, 0.2) is 140 Å². The average molecular weight is 554 g/mol. The van der Waals surface area contributed by atoms with Gasteiger partial charge >= 0.3 is 0 Å². The number of fused-ring (bicyclic) bond motifs is 7. The minimum absolute atomic E-state index is 0.692. The number of thiophene rings is 1. The minimum Gasteiger partial charge on any atom is -0.278 e. The van der Waals surface area contributed by atoms with E-state index in [1.807, 2.05) is 0 Å². The molecule has 0 bridgehead atoms. The van der Waals surface area contributed by atoms with E-state index in [0.717, 1.165) is 37.9 Å². The van der Waals surface area contributed by atoms with Crippen LogP contribution in [0.3, 0.4) is 0 Å². The molecule has 4 heteroatoms. The summed E-state index contributed by atoms with van der Waals surface area (Å²) in [6.45, 7) is 0.